The number of rotatable bonds is 4. The van der Waals surface area contributed by atoms with Crippen LogP contribution in [-0.4, -0.2) is 11.0 Å². The number of aliphatic hydroxyl groups excluding tert-OH is 1. The Morgan fingerprint density at radius 2 is 1.80 bits per heavy atom. The molecule has 2 aromatic carbocycles. The fraction of sp³-hybridized carbons (Fsp3) is 0.133. The molecule has 1 amide bonds. The van der Waals surface area contributed by atoms with E-state index >= 15 is 0 Å². The zero-order valence-electron chi connectivity index (χ0n) is 10.6. The molecule has 2 aromatic rings. The standard InChI is InChI=1S/C15H13ClFNO2/c16-13-7-12(5-6-14(13)17)15(20)18-8-10-1-3-11(9-19)4-2-10/h1-7,19H,8-9H2,(H,18,20). The van der Waals surface area contributed by atoms with Gasteiger partial charge in [-0.1, -0.05) is 35.9 Å². The Balaban J connectivity index is 1.98. The number of hydrogen-bond acceptors (Lipinski definition) is 2. The fourth-order valence-corrected chi connectivity index (χ4v) is 1.86. The van der Waals surface area contributed by atoms with Crippen molar-refractivity contribution in [1.82, 2.24) is 5.32 Å². The maximum atomic E-state index is 13.0. The summed E-state index contributed by atoms with van der Waals surface area (Å²) in [7, 11) is 0. The second-order valence-electron chi connectivity index (χ2n) is 4.29. The molecule has 0 unspecified atom stereocenters. The molecule has 3 nitrogen and oxygen atoms in total. The van der Waals surface area contributed by atoms with Crippen molar-refractivity contribution in [3.8, 4) is 0 Å². The molecule has 0 aliphatic rings. The first-order valence-corrected chi connectivity index (χ1v) is 6.40. The average Bonchev–Trinajstić information content (AvgIpc) is 2.48. The number of carbonyl (C=O) groups is 1. The lowest BCUT2D eigenvalue weighted by atomic mass is 10.1. The highest BCUT2D eigenvalue weighted by Crippen LogP contribution is 2.16. The highest BCUT2D eigenvalue weighted by atomic mass is 35.5. The van der Waals surface area contributed by atoms with Crippen molar-refractivity contribution in [1.29, 1.82) is 0 Å². The second kappa shape index (κ2) is 6.50. The van der Waals surface area contributed by atoms with Crippen LogP contribution in [0, 0.1) is 5.82 Å². The molecule has 0 saturated carbocycles. The van der Waals surface area contributed by atoms with E-state index in [1.165, 1.54) is 12.1 Å². The van der Waals surface area contributed by atoms with Crippen LogP contribution in [0.15, 0.2) is 42.5 Å². The van der Waals surface area contributed by atoms with Crippen molar-refractivity contribution < 1.29 is 14.3 Å². The molecule has 0 spiro atoms. The summed E-state index contributed by atoms with van der Waals surface area (Å²) in [6.07, 6.45) is 0. The third kappa shape index (κ3) is 3.56. The van der Waals surface area contributed by atoms with E-state index in [9.17, 15) is 9.18 Å². The minimum absolute atomic E-state index is 0.0132. The summed E-state index contributed by atoms with van der Waals surface area (Å²) in [5.74, 6) is -0.874. The summed E-state index contributed by atoms with van der Waals surface area (Å²) in [6.45, 7) is 0.334. The van der Waals surface area contributed by atoms with Gasteiger partial charge in [-0.05, 0) is 29.3 Å². The lowest BCUT2D eigenvalue weighted by molar-refractivity contribution is 0.0951. The van der Waals surface area contributed by atoms with Crippen molar-refractivity contribution in [2.24, 2.45) is 0 Å². The molecule has 0 aliphatic heterocycles. The molecule has 0 saturated heterocycles. The summed E-state index contributed by atoms with van der Waals surface area (Å²) in [5, 5.41) is 11.6. The normalized spacial score (nSPS) is 10.3. The van der Waals surface area contributed by atoms with Crippen LogP contribution in [0.5, 0.6) is 0 Å². The Bertz CT molecular complexity index is 614. The average molecular weight is 294 g/mol. The van der Waals surface area contributed by atoms with Crippen LogP contribution in [0.3, 0.4) is 0 Å². The molecule has 0 radical (unpaired) electrons. The molecule has 0 fully saturated rings. The van der Waals surface area contributed by atoms with Crippen LogP contribution in [0.2, 0.25) is 5.02 Å². The summed E-state index contributed by atoms with van der Waals surface area (Å²) < 4.78 is 13.0. The van der Waals surface area contributed by atoms with E-state index in [1.807, 2.05) is 12.1 Å². The van der Waals surface area contributed by atoms with Gasteiger partial charge in [0, 0.05) is 12.1 Å². The minimum Gasteiger partial charge on any atom is -0.392 e. The van der Waals surface area contributed by atoms with E-state index in [1.54, 1.807) is 12.1 Å². The van der Waals surface area contributed by atoms with Crippen molar-refractivity contribution in [3.63, 3.8) is 0 Å². The number of nitrogens with one attached hydrogen (secondary N) is 1. The molecule has 0 aliphatic carbocycles. The predicted molar refractivity (Wildman–Crippen MR) is 74.9 cm³/mol. The van der Waals surface area contributed by atoms with E-state index in [2.05, 4.69) is 5.32 Å². The van der Waals surface area contributed by atoms with Crippen molar-refractivity contribution >= 4 is 17.5 Å². The summed E-state index contributed by atoms with van der Waals surface area (Å²) in [4.78, 5) is 11.9. The Morgan fingerprint density at radius 1 is 1.15 bits per heavy atom. The monoisotopic (exact) mass is 293 g/mol. The third-order valence-corrected chi connectivity index (χ3v) is 3.13. The van der Waals surface area contributed by atoms with Crippen molar-refractivity contribution in [2.45, 2.75) is 13.2 Å². The molecule has 104 valence electrons. The third-order valence-electron chi connectivity index (χ3n) is 2.84. The molecule has 2 N–H and O–H groups in total. The summed E-state index contributed by atoms with van der Waals surface area (Å²) in [6, 6.07) is 11.1. The van der Waals surface area contributed by atoms with Gasteiger partial charge in [-0.3, -0.25) is 4.79 Å². The highest BCUT2D eigenvalue weighted by Gasteiger charge is 2.08. The second-order valence-corrected chi connectivity index (χ2v) is 4.69. The maximum Gasteiger partial charge on any atom is 0.251 e. The molecular weight excluding hydrogens is 281 g/mol. The van der Waals surface area contributed by atoms with Crippen LogP contribution in [0.4, 0.5) is 4.39 Å². The first-order valence-electron chi connectivity index (χ1n) is 6.02. The van der Waals surface area contributed by atoms with Gasteiger partial charge in [0.2, 0.25) is 0 Å². The molecule has 0 atom stereocenters. The van der Waals surface area contributed by atoms with E-state index in [4.69, 9.17) is 16.7 Å². The predicted octanol–water partition coefficient (Wildman–Crippen LogP) is 2.90. The number of amides is 1. The summed E-state index contributed by atoms with van der Waals surface area (Å²) >= 11 is 5.63. The largest absolute Gasteiger partial charge is 0.392 e. The lowest BCUT2D eigenvalue weighted by Crippen LogP contribution is -2.22. The van der Waals surface area contributed by atoms with Gasteiger partial charge in [0.05, 0.1) is 11.6 Å². The Labute approximate surface area is 121 Å². The van der Waals surface area contributed by atoms with Gasteiger partial charge in [0.1, 0.15) is 5.82 Å². The number of benzene rings is 2. The van der Waals surface area contributed by atoms with Crippen LogP contribution >= 0.6 is 11.6 Å². The minimum atomic E-state index is -0.553. The van der Waals surface area contributed by atoms with Gasteiger partial charge in [0.25, 0.3) is 5.91 Å². The smallest absolute Gasteiger partial charge is 0.251 e. The van der Waals surface area contributed by atoms with Gasteiger partial charge < -0.3 is 10.4 Å². The van der Waals surface area contributed by atoms with Gasteiger partial charge in [-0.2, -0.15) is 0 Å². The van der Waals surface area contributed by atoms with Gasteiger partial charge in [-0.15, -0.1) is 0 Å². The van der Waals surface area contributed by atoms with E-state index in [0.29, 0.717) is 12.1 Å². The summed E-state index contributed by atoms with van der Waals surface area (Å²) in [5.41, 5.74) is 2.03. The van der Waals surface area contributed by atoms with Gasteiger partial charge in [-0.25, -0.2) is 4.39 Å². The molecule has 0 aromatic heterocycles. The Kier molecular flexibility index (Phi) is 4.71. The number of aliphatic hydroxyl groups is 1. The molecule has 2 rings (SSSR count). The van der Waals surface area contributed by atoms with Crippen LogP contribution in [-0.2, 0) is 13.2 Å². The topological polar surface area (TPSA) is 49.3 Å². The van der Waals surface area contributed by atoms with Crippen LogP contribution < -0.4 is 5.32 Å². The molecule has 0 bridgehead atoms. The fourth-order valence-electron chi connectivity index (χ4n) is 1.68. The van der Waals surface area contributed by atoms with Crippen LogP contribution in [0.25, 0.3) is 0 Å². The van der Waals surface area contributed by atoms with E-state index < -0.39 is 5.82 Å². The van der Waals surface area contributed by atoms with Gasteiger partial charge >= 0.3 is 0 Å². The molecule has 5 heteroatoms. The first kappa shape index (κ1) is 14.5. The zero-order chi connectivity index (χ0) is 14.5. The Morgan fingerprint density at radius 3 is 2.40 bits per heavy atom. The van der Waals surface area contributed by atoms with Crippen molar-refractivity contribution in [2.75, 3.05) is 0 Å². The number of carbonyl (C=O) groups excluding carboxylic acids is 1. The van der Waals surface area contributed by atoms with Gasteiger partial charge in [0.15, 0.2) is 0 Å². The zero-order valence-corrected chi connectivity index (χ0v) is 11.3. The van der Waals surface area contributed by atoms with E-state index in [-0.39, 0.29) is 17.5 Å². The first-order chi connectivity index (χ1) is 9.60. The quantitative estimate of drug-likeness (QED) is 0.910. The number of halogens is 2. The molecule has 20 heavy (non-hydrogen) atoms. The maximum absolute atomic E-state index is 13.0. The number of hydrogen-bond donors (Lipinski definition) is 2. The Hall–Kier alpha value is -1.91. The van der Waals surface area contributed by atoms with E-state index in [0.717, 1.165) is 17.2 Å². The van der Waals surface area contributed by atoms with Crippen LogP contribution in [0.1, 0.15) is 21.5 Å². The SMILES string of the molecule is O=C(NCc1ccc(CO)cc1)c1ccc(F)c(Cl)c1. The highest BCUT2D eigenvalue weighted by molar-refractivity contribution is 6.31. The van der Waals surface area contributed by atoms with Crippen molar-refractivity contribution in [3.05, 3.63) is 70.0 Å². The molecule has 0 heterocycles. The molecular formula is C15H13ClFNO2. The lowest BCUT2D eigenvalue weighted by Gasteiger charge is -2.06.